The normalized spacial score (nSPS) is 13.1. The predicted molar refractivity (Wildman–Crippen MR) is 59.1 cm³/mol. The fraction of sp³-hybridized carbons (Fsp3) is 0.750. The van der Waals surface area contributed by atoms with Crippen LogP contribution in [0.1, 0.15) is 46.5 Å². The maximum Gasteiger partial charge on any atom is 0.306 e. The monoisotopic (exact) mass is 198 g/mol. The quantitative estimate of drug-likeness (QED) is 0.463. The van der Waals surface area contributed by atoms with Crippen molar-refractivity contribution >= 4 is 5.97 Å². The van der Waals surface area contributed by atoms with Crippen LogP contribution in [-0.4, -0.2) is 12.6 Å². The molecule has 14 heavy (non-hydrogen) atoms. The van der Waals surface area contributed by atoms with Crippen molar-refractivity contribution in [2.75, 3.05) is 6.61 Å². The van der Waals surface area contributed by atoms with Crippen LogP contribution < -0.4 is 0 Å². The number of allylic oxidation sites excluding steroid dienone is 2. The van der Waals surface area contributed by atoms with Crippen LogP contribution in [0, 0.1) is 5.92 Å². The summed E-state index contributed by atoms with van der Waals surface area (Å²) in [5, 5.41) is 0. The molecular weight excluding hydrogens is 176 g/mol. The lowest BCUT2D eigenvalue weighted by molar-refractivity contribution is -0.142. The Labute approximate surface area is 87.3 Å². The SMILES string of the molecule is CCOC(=O)CC/C=C/C[C@H](C)CC. The molecule has 0 aliphatic carbocycles. The first kappa shape index (κ1) is 13.2. The van der Waals surface area contributed by atoms with Gasteiger partial charge in [-0.3, -0.25) is 4.79 Å². The topological polar surface area (TPSA) is 26.3 Å². The third kappa shape index (κ3) is 7.84. The molecule has 0 amide bonds. The van der Waals surface area contributed by atoms with Crippen LogP contribution >= 0.6 is 0 Å². The van der Waals surface area contributed by atoms with Gasteiger partial charge in [0.1, 0.15) is 0 Å². The second-order valence-corrected chi connectivity index (χ2v) is 3.56. The van der Waals surface area contributed by atoms with E-state index >= 15 is 0 Å². The van der Waals surface area contributed by atoms with Gasteiger partial charge in [-0.2, -0.15) is 0 Å². The molecule has 1 atom stereocenters. The van der Waals surface area contributed by atoms with Crippen molar-refractivity contribution < 1.29 is 9.53 Å². The van der Waals surface area contributed by atoms with E-state index in [2.05, 4.69) is 26.0 Å². The highest BCUT2D eigenvalue weighted by atomic mass is 16.5. The van der Waals surface area contributed by atoms with E-state index in [1.165, 1.54) is 6.42 Å². The second kappa shape index (κ2) is 8.79. The molecule has 0 heterocycles. The Morgan fingerprint density at radius 3 is 2.64 bits per heavy atom. The van der Waals surface area contributed by atoms with Crippen molar-refractivity contribution in [3.63, 3.8) is 0 Å². The Hall–Kier alpha value is -0.790. The van der Waals surface area contributed by atoms with E-state index in [1.54, 1.807) is 0 Å². The summed E-state index contributed by atoms with van der Waals surface area (Å²) in [4.78, 5) is 10.9. The van der Waals surface area contributed by atoms with Crippen LogP contribution in [0.3, 0.4) is 0 Å². The van der Waals surface area contributed by atoms with E-state index in [1.807, 2.05) is 6.92 Å². The Balaban J connectivity index is 3.39. The third-order valence-corrected chi connectivity index (χ3v) is 2.22. The molecule has 0 fully saturated rings. The molecule has 0 aliphatic heterocycles. The molecular formula is C12H22O2. The smallest absolute Gasteiger partial charge is 0.306 e. The lowest BCUT2D eigenvalue weighted by Crippen LogP contribution is -2.02. The zero-order chi connectivity index (χ0) is 10.8. The van der Waals surface area contributed by atoms with Crippen LogP contribution in [0.4, 0.5) is 0 Å². The van der Waals surface area contributed by atoms with E-state index in [4.69, 9.17) is 4.74 Å². The van der Waals surface area contributed by atoms with Gasteiger partial charge in [-0.15, -0.1) is 0 Å². The number of rotatable bonds is 7. The van der Waals surface area contributed by atoms with Gasteiger partial charge in [0.2, 0.25) is 0 Å². The number of carbonyl (C=O) groups excluding carboxylic acids is 1. The summed E-state index contributed by atoms with van der Waals surface area (Å²) in [5.74, 6) is 0.648. The van der Waals surface area contributed by atoms with Crippen LogP contribution in [-0.2, 0) is 9.53 Å². The largest absolute Gasteiger partial charge is 0.466 e. The summed E-state index contributed by atoms with van der Waals surface area (Å²) >= 11 is 0. The van der Waals surface area contributed by atoms with Crippen molar-refractivity contribution in [3.05, 3.63) is 12.2 Å². The molecule has 2 nitrogen and oxygen atoms in total. The average Bonchev–Trinajstić information content (AvgIpc) is 2.17. The van der Waals surface area contributed by atoms with Gasteiger partial charge in [0, 0.05) is 6.42 Å². The van der Waals surface area contributed by atoms with Gasteiger partial charge in [0.25, 0.3) is 0 Å². The molecule has 0 rings (SSSR count). The molecule has 0 saturated heterocycles. The maximum atomic E-state index is 10.9. The van der Waals surface area contributed by atoms with Crippen molar-refractivity contribution in [2.24, 2.45) is 5.92 Å². The fourth-order valence-electron chi connectivity index (χ4n) is 1.05. The average molecular weight is 198 g/mol. The summed E-state index contributed by atoms with van der Waals surface area (Å²) in [7, 11) is 0. The van der Waals surface area contributed by atoms with Crippen molar-refractivity contribution in [1.29, 1.82) is 0 Å². The molecule has 0 aromatic rings. The number of hydrogen-bond acceptors (Lipinski definition) is 2. The van der Waals surface area contributed by atoms with Crippen molar-refractivity contribution in [1.82, 2.24) is 0 Å². The molecule has 0 bridgehead atoms. The van der Waals surface area contributed by atoms with E-state index in [-0.39, 0.29) is 5.97 Å². The van der Waals surface area contributed by atoms with E-state index in [0.29, 0.717) is 13.0 Å². The Morgan fingerprint density at radius 1 is 1.36 bits per heavy atom. The van der Waals surface area contributed by atoms with Crippen LogP contribution in [0.2, 0.25) is 0 Å². The minimum Gasteiger partial charge on any atom is -0.466 e. The van der Waals surface area contributed by atoms with Gasteiger partial charge in [-0.25, -0.2) is 0 Å². The summed E-state index contributed by atoms with van der Waals surface area (Å²) in [6.45, 7) is 6.74. The van der Waals surface area contributed by atoms with E-state index < -0.39 is 0 Å². The minimum atomic E-state index is -0.0966. The van der Waals surface area contributed by atoms with E-state index in [0.717, 1.165) is 18.8 Å². The van der Waals surface area contributed by atoms with Gasteiger partial charge in [0.15, 0.2) is 0 Å². The Morgan fingerprint density at radius 2 is 2.07 bits per heavy atom. The molecule has 0 radical (unpaired) electrons. The first-order chi connectivity index (χ1) is 6.70. The third-order valence-electron chi connectivity index (χ3n) is 2.22. The molecule has 0 aromatic carbocycles. The van der Waals surface area contributed by atoms with Crippen molar-refractivity contribution in [3.8, 4) is 0 Å². The lowest BCUT2D eigenvalue weighted by atomic mass is 10.0. The number of carbonyl (C=O) groups is 1. The fourth-order valence-corrected chi connectivity index (χ4v) is 1.05. The Bertz CT molecular complexity index is 173. The standard InChI is InChI=1S/C12H22O2/c1-4-11(3)9-7-6-8-10-12(13)14-5-2/h6-7,11H,4-5,8-10H2,1-3H3/b7-6+/t11-/m1/s1. The molecule has 0 aliphatic rings. The van der Waals surface area contributed by atoms with Gasteiger partial charge < -0.3 is 4.74 Å². The number of esters is 1. The van der Waals surface area contributed by atoms with Crippen LogP contribution in [0.25, 0.3) is 0 Å². The highest BCUT2D eigenvalue weighted by molar-refractivity contribution is 5.69. The second-order valence-electron chi connectivity index (χ2n) is 3.56. The van der Waals surface area contributed by atoms with Crippen LogP contribution in [0.15, 0.2) is 12.2 Å². The molecule has 0 saturated carbocycles. The number of ether oxygens (including phenoxy) is 1. The predicted octanol–water partition coefficient (Wildman–Crippen LogP) is 3.32. The minimum absolute atomic E-state index is 0.0966. The molecule has 0 aromatic heterocycles. The molecule has 2 heteroatoms. The first-order valence-electron chi connectivity index (χ1n) is 5.51. The molecule has 82 valence electrons. The highest BCUT2D eigenvalue weighted by Gasteiger charge is 1.98. The summed E-state index contributed by atoms with van der Waals surface area (Å²) in [5.41, 5.74) is 0. The lowest BCUT2D eigenvalue weighted by Gasteiger charge is -2.02. The zero-order valence-corrected chi connectivity index (χ0v) is 9.58. The van der Waals surface area contributed by atoms with Crippen LogP contribution in [0.5, 0.6) is 0 Å². The van der Waals surface area contributed by atoms with Gasteiger partial charge in [0.05, 0.1) is 6.61 Å². The number of hydrogen-bond donors (Lipinski definition) is 0. The van der Waals surface area contributed by atoms with Gasteiger partial charge in [-0.05, 0) is 25.7 Å². The van der Waals surface area contributed by atoms with Gasteiger partial charge in [-0.1, -0.05) is 32.4 Å². The molecule has 0 N–H and O–H groups in total. The molecule has 0 unspecified atom stereocenters. The molecule has 0 spiro atoms. The summed E-state index contributed by atoms with van der Waals surface area (Å²) < 4.78 is 4.82. The zero-order valence-electron chi connectivity index (χ0n) is 9.58. The Kier molecular flexibility index (Phi) is 8.30. The van der Waals surface area contributed by atoms with E-state index in [9.17, 15) is 4.79 Å². The van der Waals surface area contributed by atoms with Crippen molar-refractivity contribution in [2.45, 2.75) is 46.5 Å². The first-order valence-corrected chi connectivity index (χ1v) is 5.51. The summed E-state index contributed by atoms with van der Waals surface area (Å²) in [6.07, 6.45) is 7.86. The summed E-state index contributed by atoms with van der Waals surface area (Å²) in [6, 6.07) is 0. The maximum absolute atomic E-state index is 10.9. The highest BCUT2D eigenvalue weighted by Crippen LogP contribution is 2.07. The van der Waals surface area contributed by atoms with Gasteiger partial charge >= 0.3 is 5.97 Å².